The number of hydrogen-bond acceptors (Lipinski definition) is 6. The number of aromatic nitrogens is 2. The van der Waals surface area contributed by atoms with Crippen molar-refractivity contribution in [1.82, 2.24) is 9.78 Å². The number of nitrogens with zero attached hydrogens (tertiary/aromatic N) is 4. The van der Waals surface area contributed by atoms with Crippen LogP contribution in [0.3, 0.4) is 0 Å². The van der Waals surface area contributed by atoms with Crippen LogP contribution in [0.25, 0.3) is 5.69 Å². The van der Waals surface area contributed by atoms with Gasteiger partial charge in [0, 0.05) is 30.0 Å². The number of cyclic esters (lactones) is 1. The van der Waals surface area contributed by atoms with E-state index in [0.29, 0.717) is 49.0 Å². The molecule has 0 atom stereocenters. The van der Waals surface area contributed by atoms with Gasteiger partial charge >= 0.3 is 6.09 Å². The number of ether oxygens (including phenoxy) is 2. The Labute approximate surface area is 197 Å². The summed E-state index contributed by atoms with van der Waals surface area (Å²) >= 11 is 0. The SMILES string of the molecule is COc1ccc(-n2nc(C(C)=N)c3c2C(=O)N(c2ccc(N4CCCOC4=O)cc2)CC3)cc1. The average molecular weight is 460 g/mol. The molecule has 3 aromatic rings. The minimum Gasteiger partial charge on any atom is -0.497 e. The summed E-state index contributed by atoms with van der Waals surface area (Å²) in [5.74, 6) is 0.529. The lowest BCUT2D eigenvalue weighted by molar-refractivity contribution is 0.0973. The maximum Gasteiger partial charge on any atom is 0.414 e. The van der Waals surface area contributed by atoms with E-state index in [-0.39, 0.29) is 12.0 Å². The summed E-state index contributed by atoms with van der Waals surface area (Å²) in [4.78, 5) is 29.1. The summed E-state index contributed by atoms with van der Waals surface area (Å²) in [6, 6.07) is 14.7. The smallest absolute Gasteiger partial charge is 0.414 e. The molecule has 0 radical (unpaired) electrons. The van der Waals surface area contributed by atoms with Gasteiger partial charge in [0.1, 0.15) is 17.1 Å². The molecular formula is C25H25N5O4. The van der Waals surface area contributed by atoms with Crippen LogP contribution in [0, 0.1) is 5.41 Å². The molecule has 1 aromatic heterocycles. The first kappa shape index (κ1) is 21.7. The molecule has 9 nitrogen and oxygen atoms in total. The lowest BCUT2D eigenvalue weighted by Gasteiger charge is -2.29. The van der Waals surface area contributed by atoms with Crippen LogP contribution in [0.15, 0.2) is 48.5 Å². The highest BCUT2D eigenvalue weighted by Crippen LogP contribution is 2.31. The molecule has 5 rings (SSSR count). The predicted molar refractivity (Wildman–Crippen MR) is 128 cm³/mol. The van der Waals surface area contributed by atoms with E-state index in [2.05, 4.69) is 5.10 Å². The zero-order valence-corrected chi connectivity index (χ0v) is 19.1. The fourth-order valence-corrected chi connectivity index (χ4v) is 4.42. The van der Waals surface area contributed by atoms with E-state index < -0.39 is 0 Å². The first-order valence-electron chi connectivity index (χ1n) is 11.2. The van der Waals surface area contributed by atoms with E-state index in [1.807, 2.05) is 48.5 Å². The zero-order valence-electron chi connectivity index (χ0n) is 19.1. The maximum atomic E-state index is 13.7. The van der Waals surface area contributed by atoms with Gasteiger partial charge in [-0.05, 0) is 68.3 Å². The molecule has 0 spiro atoms. The fraction of sp³-hybridized carbons (Fsp3) is 0.280. The number of benzene rings is 2. The van der Waals surface area contributed by atoms with Crippen molar-refractivity contribution in [3.63, 3.8) is 0 Å². The predicted octanol–water partition coefficient (Wildman–Crippen LogP) is 3.82. The van der Waals surface area contributed by atoms with Gasteiger partial charge in [0.15, 0.2) is 0 Å². The highest BCUT2D eigenvalue weighted by atomic mass is 16.6. The van der Waals surface area contributed by atoms with Crippen LogP contribution >= 0.6 is 0 Å². The van der Waals surface area contributed by atoms with E-state index in [1.54, 1.807) is 28.5 Å². The largest absolute Gasteiger partial charge is 0.497 e. The van der Waals surface area contributed by atoms with Crippen molar-refractivity contribution in [2.24, 2.45) is 0 Å². The Bertz CT molecular complexity index is 1260. The zero-order chi connectivity index (χ0) is 23.8. The maximum absolute atomic E-state index is 13.7. The third-order valence-electron chi connectivity index (χ3n) is 6.13. The number of carbonyl (C=O) groups is 2. The Morgan fingerprint density at radius 2 is 1.62 bits per heavy atom. The van der Waals surface area contributed by atoms with E-state index in [4.69, 9.17) is 14.9 Å². The van der Waals surface area contributed by atoms with Gasteiger partial charge < -0.3 is 19.8 Å². The first-order chi connectivity index (χ1) is 16.5. The molecule has 2 amide bonds. The summed E-state index contributed by atoms with van der Waals surface area (Å²) < 4.78 is 12.0. The normalized spacial score (nSPS) is 15.7. The van der Waals surface area contributed by atoms with Gasteiger partial charge in [-0.3, -0.25) is 9.69 Å². The van der Waals surface area contributed by atoms with Gasteiger partial charge in [0.2, 0.25) is 0 Å². The number of nitrogens with one attached hydrogen (secondary N) is 1. The van der Waals surface area contributed by atoms with E-state index >= 15 is 0 Å². The van der Waals surface area contributed by atoms with Gasteiger partial charge in [-0.25, -0.2) is 9.48 Å². The van der Waals surface area contributed by atoms with Crippen LogP contribution in [0.4, 0.5) is 16.2 Å². The second-order valence-corrected chi connectivity index (χ2v) is 8.25. The van der Waals surface area contributed by atoms with Crippen molar-refractivity contribution in [2.75, 3.05) is 36.6 Å². The standard InChI is InChI=1S/C25H25N5O4/c1-16(26)22-21-12-14-28(17-4-6-18(7-5-17)29-13-3-15-34-25(29)32)24(31)23(21)30(27-22)19-8-10-20(33-2)11-9-19/h4-11,26H,3,12-15H2,1-2H3. The molecule has 0 unspecified atom stereocenters. The van der Waals surface area contributed by atoms with Crippen LogP contribution in [0.5, 0.6) is 5.75 Å². The number of fused-ring (bicyclic) bond motifs is 1. The summed E-state index contributed by atoms with van der Waals surface area (Å²) in [5, 5.41) is 12.8. The summed E-state index contributed by atoms with van der Waals surface area (Å²) in [7, 11) is 1.60. The minimum absolute atomic E-state index is 0.179. The summed E-state index contributed by atoms with van der Waals surface area (Å²) in [5.41, 5.74) is 4.31. The molecule has 2 aliphatic heterocycles. The Morgan fingerprint density at radius 1 is 0.971 bits per heavy atom. The summed E-state index contributed by atoms with van der Waals surface area (Å²) in [6.45, 7) is 3.21. The van der Waals surface area contributed by atoms with Crippen molar-refractivity contribution in [3.8, 4) is 11.4 Å². The fourth-order valence-electron chi connectivity index (χ4n) is 4.42. The molecule has 0 aliphatic carbocycles. The van der Waals surface area contributed by atoms with Crippen molar-refractivity contribution in [1.29, 1.82) is 5.41 Å². The lowest BCUT2D eigenvalue weighted by Crippen LogP contribution is -2.39. The molecule has 2 aliphatic rings. The molecule has 34 heavy (non-hydrogen) atoms. The lowest BCUT2D eigenvalue weighted by atomic mass is 10.0. The first-order valence-corrected chi connectivity index (χ1v) is 11.2. The average Bonchev–Trinajstić information content (AvgIpc) is 3.26. The Kier molecular flexibility index (Phi) is 5.53. The molecular weight excluding hydrogens is 434 g/mol. The number of anilines is 2. The second kappa shape index (κ2) is 8.66. The van der Waals surface area contributed by atoms with E-state index in [9.17, 15) is 9.59 Å². The molecule has 9 heteroatoms. The monoisotopic (exact) mass is 459 g/mol. The molecule has 1 fully saturated rings. The molecule has 174 valence electrons. The number of hydrogen-bond donors (Lipinski definition) is 1. The number of amides is 2. The molecule has 1 N–H and O–H groups in total. The molecule has 3 heterocycles. The molecule has 0 bridgehead atoms. The van der Waals surface area contributed by atoms with Gasteiger partial charge in [0.05, 0.1) is 25.1 Å². The van der Waals surface area contributed by atoms with Gasteiger partial charge in [-0.1, -0.05) is 0 Å². The number of rotatable bonds is 5. The number of carbonyl (C=O) groups excluding carboxylic acids is 2. The van der Waals surface area contributed by atoms with Crippen molar-refractivity contribution < 1.29 is 19.1 Å². The molecule has 0 saturated carbocycles. The Balaban J connectivity index is 1.49. The highest BCUT2D eigenvalue weighted by Gasteiger charge is 2.34. The van der Waals surface area contributed by atoms with Crippen LogP contribution < -0.4 is 14.5 Å². The van der Waals surface area contributed by atoms with Crippen molar-refractivity contribution in [2.45, 2.75) is 19.8 Å². The van der Waals surface area contributed by atoms with Crippen LogP contribution in [0.2, 0.25) is 0 Å². The Morgan fingerprint density at radius 3 is 2.24 bits per heavy atom. The van der Waals surface area contributed by atoms with Crippen LogP contribution in [-0.2, 0) is 11.2 Å². The van der Waals surface area contributed by atoms with Crippen LogP contribution in [0.1, 0.15) is 35.1 Å². The Hall–Kier alpha value is -4.14. The van der Waals surface area contributed by atoms with E-state index in [0.717, 1.165) is 29.0 Å². The van der Waals surface area contributed by atoms with Crippen molar-refractivity contribution >= 4 is 29.1 Å². The topological polar surface area (TPSA) is 101 Å². The highest BCUT2D eigenvalue weighted by molar-refractivity contribution is 6.10. The third-order valence-corrected chi connectivity index (χ3v) is 6.13. The third kappa shape index (κ3) is 3.68. The van der Waals surface area contributed by atoms with Crippen molar-refractivity contribution in [3.05, 3.63) is 65.5 Å². The van der Waals surface area contributed by atoms with Gasteiger partial charge in [0.25, 0.3) is 5.91 Å². The number of methoxy groups -OCH3 is 1. The van der Waals surface area contributed by atoms with Gasteiger partial charge in [-0.2, -0.15) is 5.10 Å². The molecule has 2 aromatic carbocycles. The second-order valence-electron chi connectivity index (χ2n) is 8.25. The van der Waals surface area contributed by atoms with Crippen LogP contribution in [-0.4, -0.2) is 54.3 Å². The summed E-state index contributed by atoms with van der Waals surface area (Å²) in [6.07, 6.45) is 1.02. The van der Waals surface area contributed by atoms with E-state index in [1.165, 1.54) is 0 Å². The minimum atomic E-state index is -0.351. The quantitative estimate of drug-likeness (QED) is 0.585. The van der Waals surface area contributed by atoms with Gasteiger partial charge in [-0.15, -0.1) is 0 Å². The molecule has 1 saturated heterocycles.